The van der Waals surface area contributed by atoms with E-state index in [0.29, 0.717) is 21.6 Å². The SMILES string of the molecule is O=C(Nc1nc2n(n1)[C@@H](c1ccccc1Cl)C=C(c1ccc(Cl)cc1)N2)c1ccccc1. The predicted octanol–water partition coefficient (Wildman–Crippen LogP) is 5.89. The van der Waals surface area contributed by atoms with Crippen LogP contribution in [0.25, 0.3) is 5.70 Å². The zero-order valence-corrected chi connectivity index (χ0v) is 18.2. The highest BCUT2D eigenvalue weighted by molar-refractivity contribution is 6.31. The molecule has 0 unspecified atom stereocenters. The smallest absolute Gasteiger partial charge is 0.258 e. The molecule has 0 radical (unpaired) electrons. The molecule has 0 saturated carbocycles. The average molecular weight is 462 g/mol. The third-order valence-corrected chi connectivity index (χ3v) is 5.70. The number of fused-ring (bicyclic) bond motifs is 1. The Morgan fingerprint density at radius 2 is 1.66 bits per heavy atom. The van der Waals surface area contributed by atoms with Gasteiger partial charge in [0.2, 0.25) is 5.95 Å². The standard InChI is InChI=1S/C24H17Cl2N5O/c25-17-12-10-15(11-13-17)20-14-21(18-8-4-5-9-19(18)26)31-24(27-20)29-23(30-31)28-22(32)16-6-2-1-3-7-16/h1-14,21H,(H2,27,28,29,30,32)/t21-/m1/s1. The van der Waals surface area contributed by atoms with Gasteiger partial charge in [0.15, 0.2) is 0 Å². The molecule has 32 heavy (non-hydrogen) atoms. The molecule has 0 saturated heterocycles. The molecule has 0 aliphatic carbocycles. The molecule has 4 aromatic rings. The minimum atomic E-state index is -0.319. The van der Waals surface area contributed by atoms with E-state index in [1.54, 1.807) is 28.9 Å². The summed E-state index contributed by atoms with van der Waals surface area (Å²) in [7, 11) is 0. The Kier molecular flexibility index (Phi) is 5.39. The van der Waals surface area contributed by atoms with Gasteiger partial charge in [0.05, 0.1) is 0 Å². The minimum absolute atomic E-state index is 0.198. The van der Waals surface area contributed by atoms with Crippen molar-refractivity contribution in [1.82, 2.24) is 14.8 Å². The fourth-order valence-electron chi connectivity index (χ4n) is 3.54. The summed E-state index contributed by atoms with van der Waals surface area (Å²) in [5.74, 6) is 0.406. The van der Waals surface area contributed by atoms with Crippen LogP contribution in [-0.2, 0) is 0 Å². The first-order valence-electron chi connectivity index (χ1n) is 9.90. The van der Waals surface area contributed by atoms with Crippen LogP contribution < -0.4 is 10.6 Å². The van der Waals surface area contributed by atoms with Crippen molar-refractivity contribution in [3.05, 3.63) is 112 Å². The average Bonchev–Trinajstić information content (AvgIpc) is 3.22. The third-order valence-electron chi connectivity index (χ3n) is 5.11. The Labute approximate surface area is 194 Å². The Balaban J connectivity index is 1.53. The van der Waals surface area contributed by atoms with Crippen LogP contribution in [-0.4, -0.2) is 20.7 Å². The van der Waals surface area contributed by atoms with Crippen LogP contribution in [0.3, 0.4) is 0 Å². The molecular weight excluding hydrogens is 445 g/mol. The number of hydrogen-bond donors (Lipinski definition) is 2. The Morgan fingerprint density at radius 1 is 0.938 bits per heavy atom. The second kappa shape index (κ2) is 8.49. The van der Waals surface area contributed by atoms with Crippen molar-refractivity contribution in [1.29, 1.82) is 0 Å². The van der Waals surface area contributed by atoms with Crippen LogP contribution in [0.1, 0.15) is 27.5 Å². The molecule has 1 atom stereocenters. The lowest BCUT2D eigenvalue weighted by Gasteiger charge is -2.24. The molecule has 1 aliphatic rings. The quantitative estimate of drug-likeness (QED) is 0.397. The van der Waals surface area contributed by atoms with E-state index < -0.39 is 0 Å². The van der Waals surface area contributed by atoms with Crippen molar-refractivity contribution in [2.24, 2.45) is 0 Å². The molecule has 0 bridgehead atoms. The van der Waals surface area contributed by atoms with Crippen LogP contribution in [0.15, 0.2) is 84.9 Å². The van der Waals surface area contributed by atoms with Gasteiger partial charge in [-0.15, -0.1) is 5.10 Å². The number of halogens is 2. The maximum absolute atomic E-state index is 12.6. The van der Waals surface area contributed by atoms with Gasteiger partial charge in [-0.05, 0) is 47.5 Å². The first kappa shape index (κ1) is 20.3. The first-order chi connectivity index (χ1) is 15.6. The summed E-state index contributed by atoms with van der Waals surface area (Å²) < 4.78 is 1.71. The third kappa shape index (κ3) is 3.98. The summed E-state index contributed by atoms with van der Waals surface area (Å²) >= 11 is 12.6. The molecule has 0 spiro atoms. The number of hydrogen-bond acceptors (Lipinski definition) is 4. The van der Waals surface area contributed by atoms with E-state index >= 15 is 0 Å². The topological polar surface area (TPSA) is 71.8 Å². The molecule has 158 valence electrons. The second-order valence-corrected chi connectivity index (χ2v) is 8.05. The lowest BCUT2D eigenvalue weighted by atomic mass is 10.0. The monoisotopic (exact) mass is 461 g/mol. The number of aromatic nitrogens is 3. The number of carbonyl (C=O) groups is 1. The van der Waals surface area contributed by atoms with Gasteiger partial charge >= 0.3 is 0 Å². The van der Waals surface area contributed by atoms with Crippen LogP contribution in [0.2, 0.25) is 10.0 Å². The minimum Gasteiger partial charge on any atom is -0.324 e. The Hall–Kier alpha value is -3.61. The number of nitrogens with one attached hydrogen (secondary N) is 2. The molecule has 6 nitrogen and oxygen atoms in total. The lowest BCUT2D eigenvalue weighted by molar-refractivity contribution is 0.102. The van der Waals surface area contributed by atoms with Gasteiger partial charge in [-0.3, -0.25) is 10.1 Å². The molecule has 2 N–H and O–H groups in total. The first-order valence-corrected chi connectivity index (χ1v) is 10.7. The molecule has 1 aliphatic heterocycles. The molecule has 3 aromatic carbocycles. The van der Waals surface area contributed by atoms with Gasteiger partial charge in [-0.1, -0.05) is 71.7 Å². The van der Waals surface area contributed by atoms with Crippen molar-refractivity contribution in [3.63, 3.8) is 0 Å². The number of allylic oxidation sites excluding steroid dienone is 1. The van der Waals surface area contributed by atoms with E-state index in [2.05, 4.69) is 20.7 Å². The molecule has 5 rings (SSSR count). The van der Waals surface area contributed by atoms with Crippen molar-refractivity contribution in [2.75, 3.05) is 10.6 Å². The molecule has 1 aromatic heterocycles. The molecule has 2 heterocycles. The Bertz CT molecular complexity index is 1320. The summed E-state index contributed by atoms with van der Waals surface area (Å²) in [5, 5.41) is 11.9. The van der Waals surface area contributed by atoms with Crippen LogP contribution in [0.4, 0.5) is 11.9 Å². The number of nitrogens with zero attached hydrogens (tertiary/aromatic N) is 3. The highest BCUT2D eigenvalue weighted by Crippen LogP contribution is 2.36. The predicted molar refractivity (Wildman–Crippen MR) is 127 cm³/mol. The van der Waals surface area contributed by atoms with Gasteiger partial charge in [0.25, 0.3) is 11.9 Å². The van der Waals surface area contributed by atoms with Crippen molar-refractivity contribution < 1.29 is 4.79 Å². The number of amides is 1. The van der Waals surface area contributed by atoms with Gasteiger partial charge < -0.3 is 5.32 Å². The van der Waals surface area contributed by atoms with Crippen molar-refractivity contribution in [2.45, 2.75) is 6.04 Å². The number of carbonyl (C=O) groups excluding carboxylic acids is 1. The lowest BCUT2D eigenvalue weighted by Crippen LogP contribution is -2.20. The van der Waals surface area contributed by atoms with Crippen LogP contribution >= 0.6 is 23.2 Å². The zero-order chi connectivity index (χ0) is 22.1. The highest BCUT2D eigenvalue weighted by Gasteiger charge is 2.27. The van der Waals surface area contributed by atoms with E-state index in [-0.39, 0.29) is 17.9 Å². The summed E-state index contributed by atoms with van der Waals surface area (Å²) in [6.45, 7) is 0. The van der Waals surface area contributed by atoms with Gasteiger partial charge in [-0.25, -0.2) is 4.68 Å². The fraction of sp³-hybridized carbons (Fsp3) is 0.0417. The molecule has 0 fully saturated rings. The summed E-state index contributed by atoms with van der Waals surface area (Å²) in [5.41, 5.74) is 3.17. The highest BCUT2D eigenvalue weighted by atomic mass is 35.5. The number of rotatable bonds is 4. The van der Waals surface area contributed by atoms with E-state index in [1.165, 1.54) is 0 Å². The van der Waals surface area contributed by atoms with Gasteiger partial charge in [0.1, 0.15) is 6.04 Å². The van der Waals surface area contributed by atoms with Crippen LogP contribution in [0, 0.1) is 0 Å². The zero-order valence-electron chi connectivity index (χ0n) is 16.7. The van der Waals surface area contributed by atoms with Gasteiger partial charge in [0, 0.05) is 21.3 Å². The van der Waals surface area contributed by atoms with E-state index in [1.807, 2.05) is 60.7 Å². The summed E-state index contributed by atoms with van der Waals surface area (Å²) in [4.78, 5) is 17.1. The van der Waals surface area contributed by atoms with Crippen molar-refractivity contribution >= 4 is 46.7 Å². The van der Waals surface area contributed by atoms with Crippen LogP contribution in [0.5, 0.6) is 0 Å². The maximum Gasteiger partial charge on any atom is 0.258 e. The van der Waals surface area contributed by atoms with Crippen molar-refractivity contribution in [3.8, 4) is 0 Å². The summed E-state index contributed by atoms with van der Waals surface area (Å²) in [6, 6.07) is 23.7. The molecular formula is C24H17Cl2N5O. The van der Waals surface area contributed by atoms with E-state index in [4.69, 9.17) is 23.2 Å². The van der Waals surface area contributed by atoms with E-state index in [0.717, 1.165) is 16.8 Å². The number of benzene rings is 3. The largest absolute Gasteiger partial charge is 0.324 e. The Morgan fingerprint density at radius 3 is 2.41 bits per heavy atom. The molecule has 1 amide bonds. The maximum atomic E-state index is 12.6. The van der Waals surface area contributed by atoms with Gasteiger partial charge in [-0.2, -0.15) is 4.98 Å². The summed E-state index contributed by atoms with van der Waals surface area (Å²) in [6.07, 6.45) is 2.02. The van der Waals surface area contributed by atoms with E-state index in [9.17, 15) is 4.79 Å². The second-order valence-electron chi connectivity index (χ2n) is 7.20. The number of anilines is 2. The fourth-order valence-corrected chi connectivity index (χ4v) is 3.92. The molecule has 8 heteroatoms. The normalized spacial score (nSPS) is 14.8.